The Morgan fingerprint density at radius 1 is 1.20 bits per heavy atom. The molecule has 1 aromatic carbocycles. The van der Waals surface area contributed by atoms with Gasteiger partial charge in [0.1, 0.15) is 0 Å². The molecule has 2 nitrogen and oxygen atoms in total. The number of hydrogen-bond acceptors (Lipinski definition) is 2. The molecule has 15 heavy (non-hydrogen) atoms. The predicted molar refractivity (Wildman–Crippen MR) is 61.7 cm³/mol. The van der Waals surface area contributed by atoms with Gasteiger partial charge in [-0.05, 0) is 43.3 Å². The van der Waals surface area contributed by atoms with Gasteiger partial charge in [-0.1, -0.05) is 30.3 Å². The summed E-state index contributed by atoms with van der Waals surface area (Å²) in [4.78, 5) is 0. The van der Waals surface area contributed by atoms with E-state index in [0.29, 0.717) is 18.4 Å². The van der Waals surface area contributed by atoms with Crippen LogP contribution < -0.4 is 5.32 Å². The van der Waals surface area contributed by atoms with Crippen molar-refractivity contribution in [1.82, 2.24) is 5.32 Å². The van der Waals surface area contributed by atoms with E-state index in [0.717, 1.165) is 25.9 Å². The zero-order chi connectivity index (χ0) is 10.5. The van der Waals surface area contributed by atoms with Crippen LogP contribution in [0, 0.1) is 11.8 Å². The lowest BCUT2D eigenvalue weighted by Crippen LogP contribution is -2.39. The van der Waals surface area contributed by atoms with Gasteiger partial charge in [0, 0.05) is 6.61 Å². The highest BCUT2D eigenvalue weighted by molar-refractivity contribution is 5.15. The molecule has 1 aliphatic heterocycles. The second kappa shape index (κ2) is 5.29. The number of hydrogen-bond donors (Lipinski definition) is 2. The van der Waals surface area contributed by atoms with E-state index in [2.05, 4.69) is 29.6 Å². The highest BCUT2D eigenvalue weighted by Crippen LogP contribution is 2.22. The first-order valence-electron chi connectivity index (χ1n) is 5.75. The lowest BCUT2D eigenvalue weighted by atomic mass is 9.83. The number of benzene rings is 1. The van der Waals surface area contributed by atoms with Crippen LogP contribution in [0.1, 0.15) is 12.0 Å². The summed E-state index contributed by atoms with van der Waals surface area (Å²) in [5, 5.41) is 12.7. The normalized spacial score (nSPS) is 26.5. The SMILES string of the molecule is OCC1CCNCC1Cc1ccccc1. The maximum atomic E-state index is 9.31. The summed E-state index contributed by atoms with van der Waals surface area (Å²) in [5.41, 5.74) is 1.38. The largest absolute Gasteiger partial charge is 0.396 e. The van der Waals surface area contributed by atoms with Crippen LogP contribution in [0.25, 0.3) is 0 Å². The zero-order valence-electron chi connectivity index (χ0n) is 9.02. The Balaban J connectivity index is 1.97. The van der Waals surface area contributed by atoms with Crippen LogP contribution >= 0.6 is 0 Å². The van der Waals surface area contributed by atoms with Crippen LogP contribution in [0.5, 0.6) is 0 Å². The van der Waals surface area contributed by atoms with Gasteiger partial charge in [0.05, 0.1) is 0 Å². The van der Waals surface area contributed by atoms with Gasteiger partial charge >= 0.3 is 0 Å². The molecule has 2 heteroatoms. The predicted octanol–water partition coefficient (Wildman–Crippen LogP) is 1.45. The van der Waals surface area contributed by atoms with E-state index in [9.17, 15) is 5.11 Å². The van der Waals surface area contributed by atoms with E-state index >= 15 is 0 Å². The van der Waals surface area contributed by atoms with Crippen molar-refractivity contribution in [3.05, 3.63) is 35.9 Å². The second-order valence-corrected chi connectivity index (χ2v) is 4.39. The first-order chi connectivity index (χ1) is 7.40. The Morgan fingerprint density at radius 3 is 2.73 bits per heavy atom. The Hall–Kier alpha value is -0.860. The van der Waals surface area contributed by atoms with Crippen LogP contribution in [0.4, 0.5) is 0 Å². The van der Waals surface area contributed by atoms with Gasteiger partial charge < -0.3 is 10.4 Å². The van der Waals surface area contributed by atoms with Crippen molar-refractivity contribution in [2.45, 2.75) is 12.8 Å². The third kappa shape index (κ3) is 2.80. The summed E-state index contributed by atoms with van der Waals surface area (Å²) in [5.74, 6) is 1.07. The van der Waals surface area contributed by atoms with Crippen LogP contribution in [0.2, 0.25) is 0 Å². The van der Waals surface area contributed by atoms with Crippen molar-refractivity contribution in [1.29, 1.82) is 0 Å². The molecule has 82 valence electrons. The third-order valence-corrected chi connectivity index (χ3v) is 3.34. The van der Waals surface area contributed by atoms with Crippen LogP contribution in [0.3, 0.4) is 0 Å². The molecule has 2 rings (SSSR count). The van der Waals surface area contributed by atoms with Crippen molar-refractivity contribution in [3.63, 3.8) is 0 Å². The zero-order valence-corrected chi connectivity index (χ0v) is 9.02. The minimum atomic E-state index is 0.333. The van der Waals surface area contributed by atoms with Crippen molar-refractivity contribution < 1.29 is 5.11 Å². The summed E-state index contributed by atoms with van der Waals surface area (Å²) in [6.07, 6.45) is 2.19. The molecule has 1 saturated heterocycles. The Morgan fingerprint density at radius 2 is 2.00 bits per heavy atom. The molecule has 0 saturated carbocycles. The van der Waals surface area contributed by atoms with E-state index < -0.39 is 0 Å². The molecular formula is C13H19NO. The molecule has 2 N–H and O–H groups in total. The first-order valence-corrected chi connectivity index (χ1v) is 5.75. The average Bonchev–Trinajstić information content (AvgIpc) is 2.31. The van der Waals surface area contributed by atoms with E-state index in [1.54, 1.807) is 0 Å². The van der Waals surface area contributed by atoms with Gasteiger partial charge in [-0.3, -0.25) is 0 Å². The molecule has 0 aromatic heterocycles. The summed E-state index contributed by atoms with van der Waals surface area (Å²) in [7, 11) is 0. The highest BCUT2D eigenvalue weighted by atomic mass is 16.3. The molecule has 1 fully saturated rings. The molecule has 1 aliphatic rings. The van der Waals surface area contributed by atoms with Gasteiger partial charge in [-0.25, -0.2) is 0 Å². The topological polar surface area (TPSA) is 32.3 Å². The number of nitrogens with one attached hydrogen (secondary N) is 1. The molecule has 0 amide bonds. The third-order valence-electron chi connectivity index (χ3n) is 3.34. The quantitative estimate of drug-likeness (QED) is 0.782. The van der Waals surface area contributed by atoms with Crippen LogP contribution in [-0.4, -0.2) is 24.8 Å². The Kier molecular flexibility index (Phi) is 3.75. The van der Waals surface area contributed by atoms with Crippen molar-refractivity contribution in [2.75, 3.05) is 19.7 Å². The van der Waals surface area contributed by atoms with Crippen molar-refractivity contribution in [2.24, 2.45) is 11.8 Å². The van der Waals surface area contributed by atoms with Crippen LogP contribution in [0.15, 0.2) is 30.3 Å². The molecule has 0 radical (unpaired) electrons. The summed E-state index contributed by atoms with van der Waals surface area (Å²) >= 11 is 0. The smallest absolute Gasteiger partial charge is 0.0462 e. The minimum Gasteiger partial charge on any atom is -0.396 e. The lowest BCUT2D eigenvalue weighted by Gasteiger charge is -2.31. The number of rotatable bonds is 3. The molecule has 0 aliphatic carbocycles. The lowest BCUT2D eigenvalue weighted by molar-refractivity contribution is 0.143. The van der Waals surface area contributed by atoms with Gasteiger partial charge in [0.15, 0.2) is 0 Å². The first kappa shape index (κ1) is 10.7. The number of aliphatic hydroxyl groups is 1. The van der Waals surface area contributed by atoms with Gasteiger partial charge in [-0.2, -0.15) is 0 Å². The van der Waals surface area contributed by atoms with Crippen LogP contribution in [-0.2, 0) is 6.42 Å². The maximum absolute atomic E-state index is 9.31. The monoisotopic (exact) mass is 205 g/mol. The number of aliphatic hydroxyl groups excluding tert-OH is 1. The van der Waals surface area contributed by atoms with E-state index in [1.165, 1.54) is 5.56 Å². The Bertz CT molecular complexity index is 286. The van der Waals surface area contributed by atoms with Gasteiger partial charge in [-0.15, -0.1) is 0 Å². The summed E-state index contributed by atoms with van der Waals surface area (Å²) in [6.45, 7) is 2.43. The fourth-order valence-electron chi connectivity index (χ4n) is 2.37. The molecule has 2 atom stereocenters. The molecule has 0 bridgehead atoms. The van der Waals surface area contributed by atoms with E-state index in [1.807, 2.05) is 6.07 Å². The van der Waals surface area contributed by atoms with E-state index in [-0.39, 0.29) is 0 Å². The van der Waals surface area contributed by atoms with Gasteiger partial charge in [0.2, 0.25) is 0 Å². The second-order valence-electron chi connectivity index (χ2n) is 4.39. The summed E-state index contributed by atoms with van der Waals surface area (Å²) < 4.78 is 0. The fourth-order valence-corrected chi connectivity index (χ4v) is 2.37. The van der Waals surface area contributed by atoms with E-state index in [4.69, 9.17) is 0 Å². The molecule has 1 heterocycles. The fraction of sp³-hybridized carbons (Fsp3) is 0.538. The number of piperidine rings is 1. The average molecular weight is 205 g/mol. The standard InChI is InChI=1S/C13H19NO/c15-10-12-6-7-14-9-13(12)8-11-4-2-1-3-5-11/h1-5,12-15H,6-10H2. The van der Waals surface area contributed by atoms with Gasteiger partial charge in [0.25, 0.3) is 0 Å². The molecule has 1 aromatic rings. The molecular weight excluding hydrogens is 186 g/mol. The summed E-state index contributed by atoms with van der Waals surface area (Å²) in [6, 6.07) is 10.6. The minimum absolute atomic E-state index is 0.333. The Labute approximate surface area is 91.3 Å². The van der Waals surface area contributed by atoms with Crippen molar-refractivity contribution >= 4 is 0 Å². The maximum Gasteiger partial charge on any atom is 0.0462 e. The highest BCUT2D eigenvalue weighted by Gasteiger charge is 2.24. The molecule has 0 spiro atoms. The van der Waals surface area contributed by atoms with Crippen molar-refractivity contribution in [3.8, 4) is 0 Å². The molecule has 2 unspecified atom stereocenters.